The molecule has 0 aliphatic heterocycles. The van der Waals surface area contributed by atoms with Gasteiger partial charge < -0.3 is 10.2 Å². The Morgan fingerprint density at radius 2 is 2.04 bits per heavy atom. The molecule has 0 unspecified atom stereocenters. The minimum atomic E-state index is -4.46. The Bertz CT molecular complexity index is 654. The molecule has 0 aliphatic carbocycles. The molecule has 1 atom stereocenters. The summed E-state index contributed by atoms with van der Waals surface area (Å²) >= 11 is 1.56. The van der Waals surface area contributed by atoms with E-state index in [9.17, 15) is 18.0 Å². The molecular formula is C16H17F3N2OS. The largest absolute Gasteiger partial charge is 0.416 e. The SMILES string of the molecule is CN(C)[C@@H](CNC(=O)c1cccc(C(F)(F)F)c1)c1ccsc1. The Labute approximate surface area is 136 Å². The molecule has 0 aliphatic rings. The molecule has 0 saturated carbocycles. The fraction of sp³-hybridized carbons (Fsp3) is 0.312. The van der Waals surface area contributed by atoms with Gasteiger partial charge in [0.25, 0.3) is 5.91 Å². The van der Waals surface area contributed by atoms with Crippen LogP contribution in [0.2, 0.25) is 0 Å². The average molecular weight is 342 g/mol. The van der Waals surface area contributed by atoms with Crippen LogP contribution in [-0.2, 0) is 6.18 Å². The number of nitrogens with one attached hydrogen (secondary N) is 1. The van der Waals surface area contributed by atoms with Crippen LogP contribution < -0.4 is 5.32 Å². The lowest BCUT2D eigenvalue weighted by Crippen LogP contribution is -2.34. The second kappa shape index (κ2) is 7.14. The number of amides is 1. The summed E-state index contributed by atoms with van der Waals surface area (Å²) in [4.78, 5) is 14.1. The van der Waals surface area contributed by atoms with Gasteiger partial charge >= 0.3 is 6.18 Å². The Morgan fingerprint density at radius 1 is 1.30 bits per heavy atom. The number of halogens is 3. The van der Waals surface area contributed by atoms with Crippen molar-refractivity contribution in [3.63, 3.8) is 0 Å². The second-order valence-electron chi connectivity index (χ2n) is 5.32. The van der Waals surface area contributed by atoms with Gasteiger partial charge in [0.15, 0.2) is 0 Å². The first-order valence-corrected chi connectivity index (χ1v) is 7.87. The molecule has 1 aromatic heterocycles. The van der Waals surface area contributed by atoms with E-state index in [1.165, 1.54) is 12.1 Å². The maximum Gasteiger partial charge on any atom is 0.416 e. The average Bonchev–Trinajstić information content (AvgIpc) is 3.00. The maximum absolute atomic E-state index is 12.7. The molecule has 23 heavy (non-hydrogen) atoms. The summed E-state index contributed by atoms with van der Waals surface area (Å²) in [6, 6.07) is 6.36. The molecule has 1 N–H and O–H groups in total. The van der Waals surface area contributed by atoms with Crippen molar-refractivity contribution in [3.05, 3.63) is 57.8 Å². The van der Waals surface area contributed by atoms with Crippen molar-refractivity contribution in [1.82, 2.24) is 10.2 Å². The monoisotopic (exact) mass is 342 g/mol. The standard InChI is InChI=1S/C16H17F3N2OS/c1-21(2)14(12-6-7-23-10-12)9-20-15(22)11-4-3-5-13(8-11)16(17,18)19/h3-8,10,14H,9H2,1-2H3,(H,20,22)/t14-/m0/s1. The van der Waals surface area contributed by atoms with Crippen LogP contribution in [0.1, 0.15) is 27.5 Å². The molecular weight excluding hydrogens is 325 g/mol. The summed E-state index contributed by atoms with van der Waals surface area (Å²) in [5.74, 6) is -0.516. The Hall–Kier alpha value is -1.86. The fourth-order valence-corrected chi connectivity index (χ4v) is 2.90. The Balaban J connectivity index is 2.07. The number of likely N-dealkylation sites (N-methyl/N-ethyl adjacent to an activating group) is 1. The highest BCUT2D eigenvalue weighted by atomic mass is 32.1. The van der Waals surface area contributed by atoms with E-state index in [0.29, 0.717) is 6.54 Å². The maximum atomic E-state index is 12.7. The topological polar surface area (TPSA) is 32.3 Å². The van der Waals surface area contributed by atoms with Gasteiger partial charge in [0.2, 0.25) is 0 Å². The molecule has 0 fully saturated rings. The van der Waals surface area contributed by atoms with Crippen molar-refractivity contribution in [2.75, 3.05) is 20.6 Å². The number of benzene rings is 1. The highest BCUT2D eigenvalue weighted by molar-refractivity contribution is 7.07. The van der Waals surface area contributed by atoms with Gasteiger partial charge in [-0.2, -0.15) is 24.5 Å². The van der Waals surface area contributed by atoms with Crippen LogP contribution in [0.3, 0.4) is 0 Å². The molecule has 3 nitrogen and oxygen atoms in total. The lowest BCUT2D eigenvalue weighted by atomic mass is 10.1. The normalized spacial score (nSPS) is 13.1. The van der Waals surface area contributed by atoms with E-state index in [4.69, 9.17) is 0 Å². The summed E-state index contributed by atoms with van der Waals surface area (Å²) in [6.07, 6.45) is -4.46. The van der Waals surface area contributed by atoms with Gasteiger partial charge in [0.05, 0.1) is 11.6 Å². The third-order valence-corrected chi connectivity index (χ3v) is 4.16. The molecule has 0 spiro atoms. The molecule has 1 heterocycles. The number of alkyl halides is 3. The van der Waals surface area contributed by atoms with Crippen LogP contribution in [0.25, 0.3) is 0 Å². The lowest BCUT2D eigenvalue weighted by molar-refractivity contribution is -0.137. The third kappa shape index (κ3) is 4.56. The van der Waals surface area contributed by atoms with Crippen molar-refractivity contribution in [2.24, 2.45) is 0 Å². The molecule has 1 amide bonds. The predicted molar refractivity (Wildman–Crippen MR) is 84.5 cm³/mol. The van der Waals surface area contributed by atoms with Crippen LogP contribution in [0.5, 0.6) is 0 Å². The van der Waals surface area contributed by atoms with Crippen molar-refractivity contribution < 1.29 is 18.0 Å². The van der Waals surface area contributed by atoms with Gasteiger partial charge in [-0.25, -0.2) is 0 Å². The van der Waals surface area contributed by atoms with Crippen LogP contribution in [0.15, 0.2) is 41.1 Å². The molecule has 7 heteroatoms. The van der Waals surface area contributed by atoms with E-state index in [1.807, 2.05) is 35.8 Å². The van der Waals surface area contributed by atoms with E-state index in [-0.39, 0.29) is 11.6 Å². The summed E-state index contributed by atoms with van der Waals surface area (Å²) < 4.78 is 38.1. The van der Waals surface area contributed by atoms with Gasteiger partial charge in [-0.3, -0.25) is 4.79 Å². The van der Waals surface area contributed by atoms with Gasteiger partial charge in [0, 0.05) is 12.1 Å². The van der Waals surface area contributed by atoms with E-state index >= 15 is 0 Å². The number of carbonyl (C=O) groups is 1. The smallest absolute Gasteiger partial charge is 0.350 e. The number of carbonyl (C=O) groups excluding carboxylic acids is 1. The first kappa shape index (κ1) is 17.5. The summed E-state index contributed by atoms with van der Waals surface area (Å²) in [5, 5.41) is 6.64. The van der Waals surface area contributed by atoms with Crippen LogP contribution in [-0.4, -0.2) is 31.4 Å². The van der Waals surface area contributed by atoms with Crippen LogP contribution in [0, 0.1) is 0 Å². The summed E-state index contributed by atoms with van der Waals surface area (Å²) in [7, 11) is 3.78. The van der Waals surface area contributed by atoms with E-state index in [1.54, 1.807) is 11.3 Å². The zero-order valence-corrected chi connectivity index (χ0v) is 13.5. The first-order chi connectivity index (χ1) is 10.8. The predicted octanol–water partition coefficient (Wildman–Crippen LogP) is 3.80. The van der Waals surface area contributed by atoms with Crippen molar-refractivity contribution in [3.8, 4) is 0 Å². The van der Waals surface area contributed by atoms with Crippen LogP contribution in [0.4, 0.5) is 13.2 Å². The zero-order valence-electron chi connectivity index (χ0n) is 12.7. The molecule has 2 aromatic rings. The van der Waals surface area contributed by atoms with E-state index in [0.717, 1.165) is 17.7 Å². The Morgan fingerprint density at radius 3 is 2.61 bits per heavy atom. The number of rotatable bonds is 5. The van der Waals surface area contributed by atoms with Gasteiger partial charge in [-0.15, -0.1) is 0 Å². The Kier molecular flexibility index (Phi) is 5.43. The van der Waals surface area contributed by atoms with E-state index < -0.39 is 17.6 Å². The highest BCUT2D eigenvalue weighted by Gasteiger charge is 2.31. The summed E-state index contributed by atoms with van der Waals surface area (Å²) in [6.45, 7) is 0.318. The quantitative estimate of drug-likeness (QED) is 0.896. The van der Waals surface area contributed by atoms with Gasteiger partial charge in [-0.05, 0) is 54.7 Å². The molecule has 2 rings (SSSR count). The number of nitrogens with zero attached hydrogens (tertiary/aromatic N) is 1. The first-order valence-electron chi connectivity index (χ1n) is 6.93. The lowest BCUT2D eigenvalue weighted by Gasteiger charge is -2.24. The van der Waals surface area contributed by atoms with Crippen molar-refractivity contribution in [1.29, 1.82) is 0 Å². The number of thiophene rings is 1. The zero-order chi connectivity index (χ0) is 17.0. The number of hydrogen-bond acceptors (Lipinski definition) is 3. The van der Waals surface area contributed by atoms with Gasteiger partial charge in [0.1, 0.15) is 0 Å². The molecule has 0 saturated heterocycles. The minimum Gasteiger partial charge on any atom is -0.350 e. The molecule has 0 radical (unpaired) electrons. The fourth-order valence-electron chi connectivity index (χ4n) is 2.19. The van der Waals surface area contributed by atoms with Crippen molar-refractivity contribution >= 4 is 17.2 Å². The molecule has 0 bridgehead atoms. The van der Waals surface area contributed by atoms with Gasteiger partial charge in [-0.1, -0.05) is 6.07 Å². The van der Waals surface area contributed by atoms with Crippen LogP contribution >= 0.6 is 11.3 Å². The summed E-state index contributed by atoms with van der Waals surface area (Å²) in [5.41, 5.74) is 0.235. The number of hydrogen-bond donors (Lipinski definition) is 1. The van der Waals surface area contributed by atoms with Crippen molar-refractivity contribution in [2.45, 2.75) is 12.2 Å². The second-order valence-corrected chi connectivity index (χ2v) is 6.10. The van der Waals surface area contributed by atoms with E-state index in [2.05, 4.69) is 5.32 Å². The highest BCUT2D eigenvalue weighted by Crippen LogP contribution is 2.29. The molecule has 1 aromatic carbocycles. The minimum absolute atomic E-state index is 0.00245. The molecule has 124 valence electrons. The third-order valence-electron chi connectivity index (χ3n) is 3.46.